The number of halogens is 1. The highest BCUT2D eigenvalue weighted by atomic mass is 35.5. The summed E-state index contributed by atoms with van der Waals surface area (Å²) in [6.07, 6.45) is 1.97. The highest BCUT2D eigenvalue weighted by molar-refractivity contribution is 6.30. The van der Waals surface area contributed by atoms with Gasteiger partial charge in [-0.05, 0) is 37.0 Å². The van der Waals surface area contributed by atoms with Gasteiger partial charge in [0.2, 0.25) is 0 Å². The molecule has 0 aliphatic rings. The van der Waals surface area contributed by atoms with E-state index in [4.69, 9.17) is 16.3 Å². The SMILES string of the molecule is CC.CCCC(CCc1ccc(Cl)cc1)(C(=O)OC)C(=O)C(C)(C)CO. The van der Waals surface area contributed by atoms with Crippen LogP contribution in [0.2, 0.25) is 5.02 Å². The minimum Gasteiger partial charge on any atom is -0.468 e. The lowest BCUT2D eigenvalue weighted by atomic mass is 9.66. The molecule has 0 radical (unpaired) electrons. The number of carbonyl (C=O) groups is 2. The Morgan fingerprint density at radius 2 is 1.65 bits per heavy atom. The van der Waals surface area contributed by atoms with Gasteiger partial charge in [-0.25, -0.2) is 0 Å². The highest BCUT2D eigenvalue weighted by Gasteiger charge is 2.50. The molecule has 1 rings (SSSR count). The molecule has 1 N–H and O–H groups in total. The molecule has 5 heteroatoms. The van der Waals surface area contributed by atoms with Gasteiger partial charge in [-0.1, -0.05) is 64.8 Å². The number of aryl methyl sites for hydroxylation is 1. The third-order valence-corrected chi connectivity index (χ3v) is 4.70. The summed E-state index contributed by atoms with van der Waals surface area (Å²) in [5.74, 6) is -0.787. The van der Waals surface area contributed by atoms with Crippen molar-refractivity contribution in [3.63, 3.8) is 0 Å². The van der Waals surface area contributed by atoms with Crippen LogP contribution in [-0.4, -0.2) is 30.6 Å². The first kappa shape index (κ1) is 24.6. The Labute approximate surface area is 162 Å². The van der Waals surface area contributed by atoms with E-state index in [1.807, 2.05) is 32.9 Å². The second-order valence-electron chi connectivity index (χ2n) is 6.82. The van der Waals surface area contributed by atoms with Gasteiger partial charge in [0.1, 0.15) is 5.41 Å². The molecule has 0 aromatic heterocycles. The lowest BCUT2D eigenvalue weighted by Gasteiger charge is -2.35. The molecule has 148 valence electrons. The molecule has 0 aliphatic heterocycles. The lowest BCUT2D eigenvalue weighted by molar-refractivity contribution is -0.163. The smallest absolute Gasteiger partial charge is 0.319 e. The Bertz CT molecular complexity index is 566. The van der Waals surface area contributed by atoms with Crippen LogP contribution in [0.3, 0.4) is 0 Å². The maximum atomic E-state index is 13.1. The number of Topliss-reactive ketones (excluding diaryl/α,β-unsaturated/α-hetero) is 1. The van der Waals surface area contributed by atoms with Gasteiger partial charge in [0, 0.05) is 10.4 Å². The summed E-state index contributed by atoms with van der Waals surface area (Å²) in [7, 11) is 1.30. The van der Waals surface area contributed by atoms with Gasteiger partial charge in [0.05, 0.1) is 13.7 Å². The number of benzene rings is 1. The second kappa shape index (κ2) is 11.3. The third-order valence-electron chi connectivity index (χ3n) is 4.45. The van der Waals surface area contributed by atoms with Gasteiger partial charge >= 0.3 is 5.97 Å². The van der Waals surface area contributed by atoms with Crippen LogP contribution in [0.4, 0.5) is 0 Å². The van der Waals surface area contributed by atoms with E-state index in [-0.39, 0.29) is 12.4 Å². The van der Waals surface area contributed by atoms with Crippen molar-refractivity contribution in [1.82, 2.24) is 0 Å². The van der Waals surface area contributed by atoms with Gasteiger partial charge in [-0.2, -0.15) is 0 Å². The Morgan fingerprint density at radius 1 is 1.12 bits per heavy atom. The number of ketones is 1. The van der Waals surface area contributed by atoms with Crippen LogP contribution in [0.15, 0.2) is 24.3 Å². The van der Waals surface area contributed by atoms with E-state index in [1.165, 1.54) is 7.11 Å². The fourth-order valence-corrected chi connectivity index (χ4v) is 3.13. The molecule has 0 spiro atoms. The average Bonchev–Trinajstić information content (AvgIpc) is 2.66. The first-order valence-electron chi connectivity index (χ1n) is 9.22. The molecule has 0 bridgehead atoms. The monoisotopic (exact) mass is 384 g/mol. The fourth-order valence-electron chi connectivity index (χ4n) is 3.00. The zero-order chi connectivity index (χ0) is 20.4. The molecule has 0 saturated carbocycles. The molecule has 0 amide bonds. The minimum atomic E-state index is -1.24. The van der Waals surface area contributed by atoms with Crippen LogP contribution in [0.25, 0.3) is 0 Å². The van der Waals surface area contributed by atoms with Crippen molar-refractivity contribution in [3.8, 4) is 0 Å². The van der Waals surface area contributed by atoms with Crippen molar-refractivity contribution in [2.45, 2.75) is 60.3 Å². The van der Waals surface area contributed by atoms with Crippen LogP contribution in [0.1, 0.15) is 59.4 Å². The summed E-state index contributed by atoms with van der Waals surface area (Å²) < 4.78 is 4.97. The normalized spacial score (nSPS) is 13.2. The molecule has 0 heterocycles. The second-order valence-corrected chi connectivity index (χ2v) is 7.26. The van der Waals surface area contributed by atoms with Crippen LogP contribution in [-0.2, 0) is 20.7 Å². The summed E-state index contributed by atoms with van der Waals surface area (Å²) in [5, 5.41) is 10.2. The average molecular weight is 385 g/mol. The summed E-state index contributed by atoms with van der Waals surface area (Å²) in [6, 6.07) is 7.35. The van der Waals surface area contributed by atoms with Gasteiger partial charge in [0.15, 0.2) is 5.78 Å². The highest BCUT2D eigenvalue weighted by Crippen LogP contribution is 2.39. The summed E-state index contributed by atoms with van der Waals surface area (Å²) in [5.41, 5.74) is -1.24. The first-order chi connectivity index (χ1) is 12.2. The Hall–Kier alpha value is -1.39. The number of rotatable bonds is 9. The Kier molecular flexibility index (Phi) is 10.7. The molecule has 1 aromatic carbocycles. The molecule has 1 unspecified atom stereocenters. The minimum absolute atomic E-state index is 0.264. The topological polar surface area (TPSA) is 63.6 Å². The van der Waals surface area contributed by atoms with Crippen molar-refractivity contribution in [2.75, 3.05) is 13.7 Å². The van der Waals surface area contributed by atoms with E-state index in [2.05, 4.69) is 0 Å². The molecular formula is C21H33ClO4. The van der Waals surface area contributed by atoms with Gasteiger partial charge < -0.3 is 9.84 Å². The van der Waals surface area contributed by atoms with Crippen molar-refractivity contribution in [1.29, 1.82) is 0 Å². The number of methoxy groups -OCH3 is 1. The molecule has 1 aromatic rings. The van der Waals surface area contributed by atoms with Crippen molar-refractivity contribution >= 4 is 23.4 Å². The van der Waals surface area contributed by atoms with Gasteiger partial charge in [-0.15, -0.1) is 0 Å². The first-order valence-corrected chi connectivity index (χ1v) is 9.60. The lowest BCUT2D eigenvalue weighted by Crippen LogP contribution is -2.48. The molecular weight excluding hydrogens is 352 g/mol. The number of ether oxygens (including phenoxy) is 1. The quantitative estimate of drug-likeness (QED) is 0.488. The Morgan fingerprint density at radius 3 is 2.08 bits per heavy atom. The largest absolute Gasteiger partial charge is 0.468 e. The van der Waals surface area contributed by atoms with E-state index in [1.54, 1.807) is 26.0 Å². The summed E-state index contributed by atoms with van der Waals surface area (Å²) in [4.78, 5) is 25.7. The standard InChI is InChI=1S/C19H27ClO4.C2H6/c1-5-11-19(17(23)24-4,16(22)18(2,3)13-21)12-10-14-6-8-15(20)9-7-14;1-2/h6-9,21H,5,10-13H2,1-4H3;1-2H3. The van der Waals surface area contributed by atoms with E-state index in [0.717, 1.165) is 5.56 Å². The number of hydrogen-bond donors (Lipinski definition) is 1. The van der Waals surface area contributed by atoms with E-state index in [9.17, 15) is 14.7 Å². The molecule has 1 atom stereocenters. The third kappa shape index (κ3) is 6.10. The predicted molar refractivity (Wildman–Crippen MR) is 106 cm³/mol. The van der Waals surface area contributed by atoms with Crippen molar-refractivity contribution < 1.29 is 19.4 Å². The van der Waals surface area contributed by atoms with E-state index in [0.29, 0.717) is 30.7 Å². The zero-order valence-electron chi connectivity index (χ0n) is 16.9. The molecule has 4 nitrogen and oxygen atoms in total. The van der Waals surface area contributed by atoms with Crippen LogP contribution >= 0.6 is 11.6 Å². The number of aliphatic hydroxyl groups is 1. The maximum Gasteiger partial charge on any atom is 0.319 e. The Balaban J connectivity index is 0.00000301. The van der Waals surface area contributed by atoms with Gasteiger partial charge in [0.25, 0.3) is 0 Å². The van der Waals surface area contributed by atoms with Crippen LogP contribution < -0.4 is 0 Å². The zero-order valence-corrected chi connectivity index (χ0v) is 17.7. The van der Waals surface area contributed by atoms with Crippen molar-refractivity contribution in [3.05, 3.63) is 34.9 Å². The number of hydrogen-bond acceptors (Lipinski definition) is 4. The maximum absolute atomic E-state index is 13.1. The van der Waals surface area contributed by atoms with Crippen LogP contribution in [0.5, 0.6) is 0 Å². The fraction of sp³-hybridized carbons (Fsp3) is 0.619. The van der Waals surface area contributed by atoms with Crippen LogP contribution in [0, 0.1) is 10.8 Å². The molecule has 0 fully saturated rings. The van der Waals surface area contributed by atoms with Gasteiger partial charge in [-0.3, -0.25) is 9.59 Å². The summed E-state index contributed by atoms with van der Waals surface area (Å²) >= 11 is 5.90. The van der Waals surface area contributed by atoms with Crippen molar-refractivity contribution in [2.24, 2.45) is 10.8 Å². The molecule has 0 aliphatic carbocycles. The summed E-state index contributed by atoms with van der Waals surface area (Å²) in [6.45, 7) is 8.93. The number of carbonyl (C=O) groups excluding carboxylic acids is 2. The van der Waals surface area contributed by atoms with E-state index >= 15 is 0 Å². The predicted octanol–water partition coefficient (Wildman–Crippen LogP) is 4.85. The molecule has 26 heavy (non-hydrogen) atoms. The number of aliphatic hydroxyl groups excluding tert-OH is 1. The number of esters is 1. The van der Waals surface area contributed by atoms with E-state index < -0.39 is 16.8 Å². The molecule has 0 saturated heterocycles.